The van der Waals surface area contributed by atoms with E-state index in [1.54, 1.807) is 19.1 Å². The van der Waals surface area contributed by atoms with E-state index in [1.807, 2.05) is 6.07 Å². The van der Waals surface area contributed by atoms with Gasteiger partial charge in [0.1, 0.15) is 0 Å². The molecule has 2 aromatic rings. The van der Waals surface area contributed by atoms with E-state index >= 15 is 0 Å². The van der Waals surface area contributed by atoms with Gasteiger partial charge in [0, 0.05) is 6.54 Å². The lowest BCUT2D eigenvalue weighted by atomic mass is 10.2. The number of hydrogen-bond donors (Lipinski definition) is 2. The lowest BCUT2D eigenvalue weighted by Crippen LogP contribution is -2.04. The first-order valence-corrected chi connectivity index (χ1v) is 6.65. The summed E-state index contributed by atoms with van der Waals surface area (Å²) in [5.41, 5.74) is 2.22. The number of nitrogens with zero attached hydrogens (tertiary/aromatic N) is 1. The maximum atomic E-state index is 11.6. The van der Waals surface area contributed by atoms with Crippen LogP contribution in [0.5, 0.6) is 0 Å². The largest absolute Gasteiger partial charge is 0.462 e. The van der Waals surface area contributed by atoms with Crippen molar-refractivity contribution in [3.63, 3.8) is 0 Å². The van der Waals surface area contributed by atoms with Gasteiger partial charge in [0.15, 0.2) is 0 Å². The van der Waals surface area contributed by atoms with E-state index in [0.717, 1.165) is 36.4 Å². The van der Waals surface area contributed by atoms with Crippen LogP contribution >= 0.6 is 0 Å². The SMILES string of the molecule is CCCCNc1nc2ccc(C(=O)OCC)cc2[nH]1. The number of rotatable bonds is 6. The highest BCUT2D eigenvalue weighted by Gasteiger charge is 2.09. The summed E-state index contributed by atoms with van der Waals surface area (Å²) in [6, 6.07) is 5.32. The van der Waals surface area contributed by atoms with Gasteiger partial charge in [0.05, 0.1) is 23.2 Å². The summed E-state index contributed by atoms with van der Waals surface area (Å²) in [5.74, 6) is 0.434. The summed E-state index contributed by atoms with van der Waals surface area (Å²) in [6.07, 6.45) is 2.24. The van der Waals surface area contributed by atoms with Gasteiger partial charge in [-0.2, -0.15) is 0 Å². The van der Waals surface area contributed by atoms with Gasteiger partial charge < -0.3 is 15.0 Å². The van der Waals surface area contributed by atoms with Crippen LogP contribution in [-0.2, 0) is 4.74 Å². The molecule has 0 aliphatic carbocycles. The first-order chi connectivity index (χ1) is 9.24. The number of unbranched alkanes of at least 4 members (excludes halogenated alkanes) is 1. The van der Waals surface area contributed by atoms with Crippen LogP contribution in [0.2, 0.25) is 0 Å². The van der Waals surface area contributed by atoms with Gasteiger partial charge in [-0.3, -0.25) is 0 Å². The predicted octanol–water partition coefficient (Wildman–Crippen LogP) is 2.95. The highest BCUT2D eigenvalue weighted by atomic mass is 16.5. The Hall–Kier alpha value is -2.04. The summed E-state index contributed by atoms with van der Waals surface area (Å²) in [4.78, 5) is 19.2. The molecule has 5 nitrogen and oxygen atoms in total. The van der Waals surface area contributed by atoms with Gasteiger partial charge in [0.25, 0.3) is 0 Å². The summed E-state index contributed by atoms with van der Waals surface area (Å²) in [5, 5.41) is 3.23. The normalized spacial score (nSPS) is 10.6. The smallest absolute Gasteiger partial charge is 0.338 e. The van der Waals surface area contributed by atoms with Crippen molar-refractivity contribution in [3.8, 4) is 0 Å². The van der Waals surface area contributed by atoms with Crippen LogP contribution in [0.3, 0.4) is 0 Å². The fourth-order valence-corrected chi connectivity index (χ4v) is 1.82. The van der Waals surface area contributed by atoms with Crippen molar-refractivity contribution in [3.05, 3.63) is 23.8 Å². The monoisotopic (exact) mass is 261 g/mol. The molecule has 0 amide bonds. The summed E-state index contributed by atoms with van der Waals surface area (Å²) in [7, 11) is 0. The number of benzene rings is 1. The van der Waals surface area contributed by atoms with Gasteiger partial charge >= 0.3 is 5.97 Å². The van der Waals surface area contributed by atoms with Crippen molar-refractivity contribution in [2.24, 2.45) is 0 Å². The third kappa shape index (κ3) is 3.24. The van der Waals surface area contributed by atoms with Crippen LogP contribution in [0.25, 0.3) is 11.0 Å². The number of H-pyrrole nitrogens is 1. The Morgan fingerprint density at radius 2 is 2.26 bits per heavy atom. The Kier molecular flexibility index (Phi) is 4.39. The van der Waals surface area contributed by atoms with Gasteiger partial charge in [-0.05, 0) is 31.5 Å². The maximum Gasteiger partial charge on any atom is 0.338 e. The highest BCUT2D eigenvalue weighted by Crippen LogP contribution is 2.16. The van der Waals surface area contributed by atoms with E-state index in [4.69, 9.17) is 4.74 Å². The average Bonchev–Trinajstić information content (AvgIpc) is 2.81. The van der Waals surface area contributed by atoms with Crippen LogP contribution in [0.1, 0.15) is 37.0 Å². The number of carbonyl (C=O) groups excluding carboxylic acids is 1. The topological polar surface area (TPSA) is 67.0 Å². The zero-order valence-electron chi connectivity index (χ0n) is 11.3. The third-order valence-electron chi connectivity index (χ3n) is 2.82. The summed E-state index contributed by atoms with van der Waals surface area (Å²) >= 11 is 0. The molecule has 0 aliphatic rings. The Morgan fingerprint density at radius 1 is 1.42 bits per heavy atom. The average molecular weight is 261 g/mol. The van der Waals surface area contributed by atoms with E-state index < -0.39 is 0 Å². The summed E-state index contributed by atoms with van der Waals surface area (Å²) in [6.45, 7) is 5.21. The van der Waals surface area contributed by atoms with Crippen LogP contribution in [0.4, 0.5) is 5.95 Å². The quantitative estimate of drug-likeness (QED) is 0.619. The Balaban J connectivity index is 2.16. The van der Waals surface area contributed by atoms with E-state index in [1.165, 1.54) is 0 Å². The highest BCUT2D eigenvalue weighted by molar-refractivity contribution is 5.93. The van der Waals surface area contributed by atoms with Crippen LogP contribution < -0.4 is 5.32 Å². The molecule has 0 atom stereocenters. The molecule has 0 bridgehead atoms. The van der Waals surface area contributed by atoms with Crippen molar-refractivity contribution in [2.45, 2.75) is 26.7 Å². The molecule has 19 heavy (non-hydrogen) atoms. The third-order valence-corrected chi connectivity index (χ3v) is 2.82. The first-order valence-electron chi connectivity index (χ1n) is 6.65. The molecular weight excluding hydrogens is 242 g/mol. The molecule has 0 saturated heterocycles. The van der Waals surface area contributed by atoms with E-state index in [-0.39, 0.29) is 5.97 Å². The van der Waals surface area contributed by atoms with Crippen molar-refractivity contribution < 1.29 is 9.53 Å². The molecule has 0 spiro atoms. The molecule has 0 aliphatic heterocycles. The number of hydrogen-bond acceptors (Lipinski definition) is 4. The Bertz CT molecular complexity index is 563. The summed E-state index contributed by atoms with van der Waals surface area (Å²) < 4.78 is 4.97. The van der Waals surface area contributed by atoms with Crippen LogP contribution in [-0.4, -0.2) is 29.1 Å². The number of nitrogens with one attached hydrogen (secondary N) is 2. The Labute approximate surface area is 112 Å². The minimum absolute atomic E-state index is 0.306. The molecular formula is C14H19N3O2. The number of aromatic amines is 1. The minimum atomic E-state index is -0.306. The molecule has 2 rings (SSSR count). The zero-order valence-corrected chi connectivity index (χ0v) is 11.3. The molecule has 1 aromatic heterocycles. The molecule has 1 heterocycles. The molecule has 0 saturated carbocycles. The van der Waals surface area contributed by atoms with E-state index in [2.05, 4.69) is 22.2 Å². The number of ether oxygens (including phenoxy) is 1. The molecule has 0 unspecified atom stereocenters. The molecule has 102 valence electrons. The maximum absolute atomic E-state index is 11.6. The van der Waals surface area contributed by atoms with E-state index in [9.17, 15) is 4.79 Å². The van der Waals surface area contributed by atoms with Gasteiger partial charge in [-0.25, -0.2) is 9.78 Å². The second-order valence-electron chi connectivity index (χ2n) is 4.32. The minimum Gasteiger partial charge on any atom is -0.462 e. The van der Waals surface area contributed by atoms with Gasteiger partial charge in [0.2, 0.25) is 5.95 Å². The molecule has 5 heteroatoms. The predicted molar refractivity (Wildman–Crippen MR) is 75.4 cm³/mol. The van der Waals surface area contributed by atoms with Gasteiger partial charge in [-0.15, -0.1) is 0 Å². The van der Waals surface area contributed by atoms with Crippen LogP contribution in [0.15, 0.2) is 18.2 Å². The van der Waals surface area contributed by atoms with Crippen molar-refractivity contribution in [1.82, 2.24) is 9.97 Å². The Morgan fingerprint density at radius 3 is 3.00 bits per heavy atom. The standard InChI is InChI=1S/C14H19N3O2/c1-3-5-8-15-14-16-11-7-6-10(9-12(11)17-14)13(18)19-4-2/h6-7,9H,3-5,8H2,1-2H3,(H2,15,16,17). The molecule has 0 radical (unpaired) electrons. The van der Waals surface area contributed by atoms with Crippen molar-refractivity contribution in [2.75, 3.05) is 18.5 Å². The number of aromatic nitrogens is 2. The fourth-order valence-electron chi connectivity index (χ4n) is 1.82. The molecule has 1 aromatic carbocycles. The number of esters is 1. The number of anilines is 1. The first kappa shape index (κ1) is 13.4. The number of fused-ring (bicyclic) bond motifs is 1. The second kappa shape index (κ2) is 6.22. The van der Waals surface area contributed by atoms with Crippen molar-refractivity contribution >= 4 is 23.0 Å². The van der Waals surface area contributed by atoms with E-state index in [0.29, 0.717) is 12.2 Å². The number of imidazole rings is 1. The zero-order chi connectivity index (χ0) is 13.7. The lowest BCUT2D eigenvalue weighted by Gasteiger charge is -2.00. The van der Waals surface area contributed by atoms with Crippen molar-refractivity contribution in [1.29, 1.82) is 0 Å². The second-order valence-corrected chi connectivity index (χ2v) is 4.32. The van der Waals surface area contributed by atoms with Gasteiger partial charge in [-0.1, -0.05) is 13.3 Å². The fraction of sp³-hybridized carbons (Fsp3) is 0.429. The van der Waals surface area contributed by atoms with Crippen LogP contribution in [0, 0.1) is 0 Å². The molecule has 2 N–H and O–H groups in total. The lowest BCUT2D eigenvalue weighted by molar-refractivity contribution is 0.0526. The number of carbonyl (C=O) groups is 1. The molecule has 0 fully saturated rings.